The predicted octanol–water partition coefficient (Wildman–Crippen LogP) is 3.88. The third-order valence-corrected chi connectivity index (χ3v) is 4.40. The number of halogens is 1. The summed E-state index contributed by atoms with van der Waals surface area (Å²) in [5.74, 6) is 1.97. The van der Waals surface area contributed by atoms with Gasteiger partial charge < -0.3 is 20.5 Å². The molecule has 0 saturated carbocycles. The average Bonchev–Trinajstić information content (AvgIpc) is 2.66. The Hall–Kier alpha value is -1.96. The number of hydrogen-bond donors (Lipinski definition) is 3. The summed E-state index contributed by atoms with van der Waals surface area (Å²) in [6, 6.07) is 15.8. The van der Waals surface area contributed by atoms with Gasteiger partial charge in [-0.3, -0.25) is 4.99 Å². The largest absolute Gasteiger partial charge is 0.508 e. The van der Waals surface area contributed by atoms with Crippen LogP contribution in [0.15, 0.2) is 53.5 Å². The van der Waals surface area contributed by atoms with Crippen LogP contribution >= 0.6 is 24.0 Å². The first kappa shape index (κ1) is 22.1. The Kier molecular flexibility index (Phi) is 9.26. The lowest BCUT2D eigenvalue weighted by molar-refractivity contribution is 0.410. The molecule has 0 spiro atoms. The van der Waals surface area contributed by atoms with E-state index in [9.17, 15) is 5.11 Å². The molecular formula is C20H28IN3O2. The summed E-state index contributed by atoms with van der Waals surface area (Å²) in [5.41, 5.74) is 2.04. The maximum absolute atomic E-state index is 9.98. The second kappa shape index (κ2) is 10.9. The normalized spacial score (nSPS) is 13.3. The van der Waals surface area contributed by atoms with E-state index in [-0.39, 0.29) is 35.8 Å². The van der Waals surface area contributed by atoms with Gasteiger partial charge in [0.15, 0.2) is 5.96 Å². The summed E-state index contributed by atoms with van der Waals surface area (Å²) >= 11 is 0. The van der Waals surface area contributed by atoms with Crippen LogP contribution in [0.1, 0.15) is 30.9 Å². The summed E-state index contributed by atoms with van der Waals surface area (Å²) < 4.78 is 5.20. The van der Waals surface area contributed by atoms with Gasteiger partial charge in [0.25, 0.3) is 0 Å². The minimum Gasteiger partial charge on any atom is -0.508 e. The summed E-state index contributed by atoms with van der Waals surface area (Å²) in [6.45, 7) is 4.77. The van der Waals surface area contributed by atoms with E-state index in [0.29, 0.717) is 24.2 Å². The molecule has 2 unspecified atom stereocenters. The maximum atomic E-state index is 9.98. The Morgan fingerprint density at radius 3 is 2.46 bits per heavy atom. The summed E-state index contributed by atoms with van der Waals surface area (Å²) in [5, 5.41) is 16.6. The van der Waals surface area contributed by atoms with E-state index in [4.69, 9.17) is 4.74 Å². The molecule has 0 heterocycles. The van der Waals surface area contributed by atoms with E-state index in [1.807, 2.05) is 12.1 Å². The minimum atomic E-state index is 0. The molecule has 26 heavy (non-hydrogen) atoms. The Morgan fingerprint density at radius 1 is 1.15 bits per heavy atom. The number of phenolic OH excluding ortho intramolecular Hbond substituents is 1. The summed E-state index contributed by atoms with van der Waals surface area (Å²) in [4.78, 5) is 4.27. The number of ether oxygens (including phenoxy) is 1. The number of phenols is 1. The number of guanidine groups is 1. The SMILES string of the molecule is CN=C(NCc1cc(OC)ccc1O)NC(C)C(C)c1ccccc1.I. The maximum Gasteiger partial charge on any atom is 0.191 e. The number of aliphatic imine (C=N–C) groups is 1. The quantitative estimate of drug-likeness (QED) is 0.342. The van der Waals surface area contributed by atoms with Gasteiger partial charge in [-0.1, -0.05) is 37.3 Å². The molecule has 0 aliphatic rings. The molecule has 0 radical (unpaired) electrons. The highest BCUT2D eigenvalue weighted by Gasteiger charge is 2.15. The number of methoxy groups -OCH3 is 1. The molecule has 0 fully saturated rings. The molecule has 0 amide bonds. The molecule has 0 bridgehead atoms. The summed E-state index contributed by atoms with van der Waals surface area (Å²) in [7, 11) is 3.34. The monoisotopic (exact) mass is 469 g/mol. The Balaban J connectivity index is 0.00000338. The van der Waals surface area contributed by atoms with E-state index >= 15 is 0 Å². The molecule has 0 aromatic heterocycles. The highest BCUT2D eigenvalue weighted by molar-refractivity contribution is 14.0. The van der Waals surface area contributed by atoms with Crippen molar-refractivity contribution in [3.05, 3.63) is 59.7 Å². The third-order valence-electron chi connectivity index (χ3n) is 4.40. The van der Waals surface area contributed by atoms with Crippen molar-refractivity contribution in [2.24, 2.45) is 4.99 Å². The fourth-order valence-electron chi connectivity index (χ4n) is 2.59. The Labute approximate surface area is 172 Å². The first-order valence-corrected chi connectivity index (χ1v) is 8.43. The van der Waals surface area contributed by atoms with Crippen molar-refractivity contribution < 1.29 is 9.84 Å². The molecule has 0 aliphatic heterocycles. The number of benzene rings is 2. The lowest BCUT2D eigenvalue weighted by Gasteiger charge is -2.24. The molecule has 2 aromatic carbocycles. The smallest absolute Gasteiger partial charge is 0.191 e. The van der Waals surface area contributed by atoms with Crippen molar-refractivity contribution in [1.29, 1.82) is 0 Å². The van der Waals surface area contributed by atoms with Crippen molar-refractivity contribution in [2.45, 2.75) is 32.4 Å². The van der Waals surface area contributed by atoms with E-state index in [1.165, 1.54) is 5.56 Å². The molecule has 0 saturated heterocycles. The van der Waals surface area contributed by atoms with E-state index in [2.05, 4.69) is 53.7 Å². The van der Waals surface area contributed by atoms with Gasteiger partial charge in [-0.15, -0.1) is 24.0 Å². The topological polar surface area (TPSA) is 65.9 Å². The minimum absolute atomic E-state index is 0. The zero-order valence-electron chi connectivity index (χ0n) is 15.7. The zero-order chi connectivity index (χ0) is 18.2. The van der Waals surface area contributed by atoms with Crippen molar-refractivity contribution >= 4 is 29.9 Å². The first-order valence-electron chi connectivity index (χ1n) is 8.43. The van der Waals surface area contributed by atoms with Crippen LogP contribution in [0.25, 0.3) is 0 Å². The van der Waals surface area contributed by atoms with Gasteiger partial charge in [-0.2, -0.15) is 0 Å². The standard InChI is InChI=1S/C20H27N3O2.HI/c1-14(16-8-6-5-7-9-16)15(2)23-20(21-3)22-13-17-12-18(25-4)10-11-19(17)24;/h5-12,14-15,24H,13H2,1-4H3,(H2,21,22,23);1H. The molecule has 142 valence electrons. The van der Waals surface area contributed by atoms with Crippen LogP contribution in [0.3, 0.4) is 0 Å². The van der Waals surface area contributed by atoms with Gasteiger partial charge in [0, 0.05) is 31.1 Å². The van der Waals surface area contributed by atoms with Crippen LogP contribution in [0.4, 0.5) is 0 Å². The van der Waals surface area contributed by atoms with E-state index < -0.39 is 0 Å². The number of nitrogens with zero attached hydrogens (tertiary/aromatic N) is 1. The second-order valence-corrected chi connectivity index (χ2v) is 6.05. The van der Waals surface area contributed by atoms with Crippen molar-refractivity contribution in [2.75, 3.05) is 14.2 Å². The number of rotatable bonds is 6. The molecular weight excluding hydrogens is 441 g/mol. The van der Waals surface area contributed by atoms with Gasteiger partial charge in [-0.25, -0.2) is 0 Å². The summed E-state index contributed by atoms with van der Waals surface area (Å²) in [6.07, 6.45) is 0. The Morgan fingerprint density at radius 2 is 1.85 bits per heavy atom. The molecule has 5 nitrogen and oxygen atoms in total. The molecule has 2 rings (SSSR count). The number of aromatic hydroxyl groups is 1. The first-order chi connectivity index (χ1) is 12.0. The fraction of sp³-hybridized carbons (Fsp3) is 0.350. The van der Waals surface area contributed by atoms with Crippen LogP contribution in [0, 0.1) is 0 Å². The molecule has 6 heteroatoms. The zero-order valence-corrected chi connectivity index (χ0v) is 18.0. The van der Waals surface area contributed by atoms with E-state index in [0.717, 1.165) is 5.56 Å². The van der Waals surface area contributed by atoms with Gasteiger partial charge >= 0.3 is 0 Å². The van der Waals surface area contributed by atoms with Crippen LogP contribution in [-0.2, 0) is 6.54 Å². The van der Waals surface area contributed by atoms with Gasteiger partial charge in [-0.05, 0) is 30.7 Å². The van der Waals surface area contributed by atoms with Crippen molar-refractivity contribution in [1.82, 2.24) is 10.6 Å². The second-order valence-electron chi connectivity index (χ2n) is 6.05. The number of hydrogen-bond acceptors (Lipinski definition) is 3. The third kappa shape index (κ3) is 6.09. The van der Waals surface area contributed by atoms with Crippen LogP contribution in [-0.4, -0.2) is 31.3 Å². The molecule has 0 aliphatic carbocycles. The van der Waals surface area contributed by atoms with Crippen LogP contribution in [0.2, 0.25) is 0 Å². The van der Waals surface area contributed by atoms with Crippen LogP contribution < -0.4 is 15.4 Å². The van der Waals surface area contributed by atoms with Gasteiger partial charge in [0.05, 0.1) is 7.11 Å². The van der Waals surface area contributed by atoms with Gasteiger partial charge in [0.2, 0.25) is 0 Å². The lowest BCUT2D eigenvalue weighted by atomic mass is 9.94. The highest BCUT2D eigenvalue weighted by Crippen LogP contribution is 2.22. The predicted molar refractivity (Wildman–Crippen MR) is 118 cm³/mol. The number of nitrogens with one attached hydrogen (secondary N) is 2. The lowest BCUT2D eigenvalue weighted by Crippen LogP contribution is -2.43. The van der Waals surface area contributed by atoms with E-state index in [1.54, 1.807) is 26.3 Å². The highest BCUT2D eigenvalue weighted by atomic mass is 127. The molecule has 2 aromatic rings. The van der Waals surface area contributed by atoms with Crippen molar-refractivity contribution in [3.8, 4) is 11.5 Å². The fourth-order valence-corrected chi connectivity index (χ4v) is 2.59. The van der Waals surface area contributed by atoms with Crippen molar-refractivity contribution in [3.63, 3.8) is 0 Å². The average molecular weight is 469 g/mol. The molecule has 2 atom stereocenters. The Bertz CT molecular complexity index is 707. The van der Waals surface area contributed by atoms with Crippen LogP contribution in [0.5, 0.6) is 11.5 Å². The van der Waals surface area contributed by atoms with Gasteiger partial charge in [0.1, 0.15) is 11.5 Å². The molecule has 3 N–H and O–H groups in total.